The molecule has 0 bridgehead atoms. The van der Waals surface area contributed by atoms with E-state index >= 15 is 0 Å². The molecule has 20 rings (SSSR count). The third-order valence-corrected chi connectivity index (χ3v) is 21.0. The van der Waals surface area contributed by atoms with Gasteiger partial charge in [0.25, 0.3) is 0 Å². The Morgan fingerprint density at radius 1 is 0.305 bits per heavy atom. The van der Waals surface area contributed by atoms with Gasteiger partial charge >= 0.3 is 6.18 Å². The van der Waals surface area contributed by atoms with Gasteiger partial charge in [-0.2, -0.15) is 38.7 Å². The van der Waals surface area contributed by atoms with Crippen LogP contribution in [0.25, 0.3) is 111 Å². The molecule has 0 fully saturated rings. The molecule has 128 heavy (non-hydrogen) atoms. The van der Waals surface area contributed by atoms with Gasteiger partial charge in [-0.1, -0.05) is 171 Å². The van der Waals surface area contributed by atoms with Crippen LogP contribution in [0, 0.1) is 62.3 Å². The summed E-state index contributed by atoms with van der Waals surface area (Å²) < 4.78 is 40.2. The topological polar surface area (TPSA) is 350 Å². The van der Waals surface area contributed by atoms with E-state index in [0.29, 0.717) is 51.1 Å². The van der Waals surface area contributed by atoms with Gasteiger partial charge in [-0.3, -0.25) is 30.3 Å². The molecule has 0 amide bonds. The van der Waals surface area contributed by atoms with Crippen molar-refractivity contribution >= 4 is 118 Å². The number of hydrogen-bond donors (Lipinski definition) is 10. The molecular formula is C99H88F3N25O. The molecule has 0 unspecified atom stereocenters. The highest BCUT2D eigenvalue weighted by molar-refractivity contribution is 6.02. The predicted molar refractivity (Wildman–Crippen MR) is 501 cm³/mol. The van der Waals surface area contributed by atoms with E-state index in [-0.39, 0.29) is 17.2 Å². The minimum atomic E-state index is -4.50. The van der Waals surface area contributed by atoms with Gasteiger partial charge in [0, 0.05) is 119 Å². The molecule has 0 spiro atoms. The summed E-state index contributed by atoms with van der Waals surface area (Å²) in [4.78, 5) is 58.9. The molecule has 10 N–H and O–H groups in total. The van der Waals surface area contributed by atoms with Crippen LogP contribution in [0.2, 0.25) is 0 Å². The van der Waals surface area contributed by atoms with Crippen LogP contribution >= 0.6 is 0 Å². The molecule has 0 atom stereocenters. The number of rotatable bonds is 17. The summed E-state index contributed by atoms with van der Waals surface area (Å²) in [7, 11) is 0. The second-order valence-corrected chi connectivity index (χ2v) is 30.5. The number of aromatic amines is 5. The molecule has 0 saturated heterocycles. The molecule has 0 aliphatic heterocycles. The smallest absolute Gasteiger partial charge is 0.323 e. The first-order valence-electron chi connectivity index (χ1n) is 41.3. The Morgan fingerprint density at radius 2 is 0.586 bits per heavy atom. The van der Waals surface area contributed by atoms with Crippen molar-refractivity contribution in [2.24, 2.45) is 0 Å². The number of carbonyl (C=O) groups is 1. The Hall–Kier alpha value is -16.6. The van der Waals surface area contributed by atoms with Crippen LogP contribution in [0.4, 0.5) is 71.3 Å². The van der Waals surface area contributed by atoms with Crippen LogP contribution in [-0.4, -0.2) is 107 Å². The average molecular weight is 1700 g/mol. The van der Waals surface area contributed by atoms with Gasteiger partial charge in [0.15, 0.2) is 64.0 Å². The number of alkyl halides is 3. The number of ketones is 1. The quantitative estimate of drug-likeness (QED) is 0.0379. The number of anilines is 10. The largest absolute Gasteiger partial charge is 0.417 e. The highest BCUT2D eigenvalue weighted by Crippen LogP contribution is 2.40. The van der Waals surface area contributed by atoms with Crippen molar-refractivity contribution in [1.82, 2.24) is 101 Å². The lowest BCUT2D eigenvalue weighted by Gasteiger charge is -2.14. The molecule has 10 aromatic carbocycles. The summed E-state index contributed by atoms with van der Waals surface area (Å²) in [6, 6.07) is 81.8. The number of hydrogen-bond acceptors (Lipinski definition) is 21. The van der Waals surface area contributed by atoms with E-state index in [4.69, 9.17) is 34.9 Å². The summed E-state index contributed by atoms with van der Waals surface area (Å²) in [6.45, 7) is 21.8. The number of halogens is 3. The zero-order valence-electron chi connectivity index (χ0n) is 71.8. The SMILES string of the molecule is CC(=O)c1ccccc1-c1nc(Nc2cc(C)[nH]n2)c2ccccc2n1.CCc1ccccc1-c1nc(Nc2cc(C)[nH]n2)c2ccccc2n1.Cc1cc(Nc2nc(-c3c(C)cccc3C)nc3ccccc23)n[nH]1.Cc1cc(Nc2nc(-c3cccc(C)c3C)nc3ccccc23)n[nH]1.Cc1cc(Nc2nc(-c3ccccc3C(F)(F)F)nc3ccccc23)n[nH]1. The van der Waals surface area contributed by atoms with Crippen molar-refractivity contribution in [3.63, 3.8) is 0 Å². The second kappa shape index (κ2) is 37.6. The van der Waals surface area contributed by atoms with Crippen molar-refractivity contribution in [3.05, 3.63) is 328 Å². The number of aromatic nitrogens is 20. The maximum Gasteiger partial charge on any atom is 0.417 e. The van der Waals surface area contributed by atoms with Crippen molar-refractivity contribution < 1.29 is 18.0 Å². The fourth-order valence-corrected chi connectivity index (χ4v) is 14.6. The number of fused-ring (bicyclic) bond motifs is 5. The zero-order chi connectivity index (χ0) is 89.1. The molecule has 29 heteroatoms. The van der Waals surface area contributed by atoms with Crippen molar-refractivity contribution in [2.45, 2.75) is 88.8 Å². The first kappa shape index (κ1) is 85.0. The van der Waals surface area contributed by atoms with Gasteiger partial charge < -0.3 is 26.6 Å². The van der Waals surface area contributed by atoms with E-state index in [9.17, 15) is 18.0 Å². The Bertz CT molecular complexity index is 7410. The van der Waals surface area contributed by atoms with E-state index in [1.807, 2.05) is 192 Å². The molecule has 20 aromatic rings. The molecule has 0 radical (unpaired) electrons. The van der Waals surface area contributed by atoms with Gasteiger partial charge in [0.05, 0.1) is 33.1 Å². The molecule has 10 heterocycles. The summed E-state index contributed by atoms with van der Waals surface area (Å²) >= 11 is 0. The molecule has 0 saturated carbocycles. The number of nitrogens with zero attached hydrogens (tertiary/aromatic N) is 15. The fraction of sp³-hybridized carbons (Fsp3) is 0.131. The minimum absolute atomic E-state index is 0.00335. The van der Waals surface area contributed by atoms with E-state index in [1.165, 1.54) is 34.9 Å². The number of nitrogens with one attached hydrogen (secondary N) is 10. The van der Waals surface area contributed by atoms with Crippen LogP contribution in [-0.2, 0) is 12.6 Å². The van der Waals surface area contributed by atoms with Gasteiger partial charge in [-0.15, -0.1) is 0 Å². The lowest BCUT2D eigenvalue weighted by Crippen LogP contribution is -2.08. The van der Waals surface area contributed by atoms with Gasteiger partial charge in [0.2, 0.25) is 0 Å². The number of aryl methyl sites for hydroxylation is 9. The monoisotopic (exact) mass is 1700 g/mol. The van der Waals surface area contributed by atoms with Crippen LogP contribution in [0.3, 0.4) is 0 Å². The molecular weight excluding hydrogens is 1610 g/mol. The van der Waals surface area contributed by atoms with Crippen molar-refractivity contribution in [3.8, 4) is 56.9 Å². The van der Waals surface area contributed by atoms with E-state index < -0.39 is 11.7 Å². The molecule has 0 aliphatic carbocycles. The van der Waals surface area contributed by atoms with E-state index in [1.54, 1.807) is 37.3 Å². The first-order valence-corrected chi connectivity index (χ1v) is 41.3. The molecule has 26 nitrogen and oxygen atoms in total. The highest BCUT2D eigenvalue weighted by Gasteiger charge is 2.34. The summed E-state index contributed by atoms with van der Waals surface area (Å²) in [6.07, 6.45) is -3.56. The average Bonchev–Trinajstić information content (AvgIpc) is 1.10. The third-order valence-electron chi connectivity index (χ3n) is 21.0. The lowest BCUT2D eigenvalue weighted by atomic mass is 10.0. The number of para-hydroxylation sites is 5. The number of H-pyrrole nitrogens is 5. The summed E-state index contributed by atoms with van der Waals surface area (Å²) in [5.41, 5.74) is 18.5. The van der Waals surface area contributed by atoms with E-state index in [2.05, 4.69) is 176 Å². The molecule has 0 aliphatic rings. The zero-order valence-corrected chi connectivity index (χ0v) is 71.8. The molecule has 636 valence electrons. The van der Waals surface area contributed by atoms with Crippen molar-refractivity contribution in [2.75, 3.05) is 26.6 Å². The van der Waals surface area contributed by atoms with Gasteiger partial charge in [0.1, 0.15) is 29.1 Å². The van der Waals surface area contributed by atoms with Crippen LogP contribution < -0.4 is 26.6 Å². The van der Waals surface area contributed by atoms with Gasteiger partial charge in [-0.25, -0.2) is 49.8 Å². The molecule has 10 aromatic heterocycles. The van der Waals surface area contributed by atoms with Crippen molar-refractivity contribution in [1.29, 1.82) is 0 Å². The number of Topliss-reactive ketones (excluding diaryl/α,β-unsaturated/α-hetero) is 1. The number of benzene rings is 10. The normalized spacial score (nSPS) is 11.1. The second-order valence-electron chi connectivity index (χ2n) is 30.5. The Morgan fingerprint density at radius 3 is 0.945 bits per heavy atom. The third kappa shape index (κ3) is 19.6. The maximum absolute atomic E-state index is 13.4. The van der Waals surface area contributed by atoms with E-state index in [0.717, 1.165) is 165 Å². The van der Waals surface area contributed by atoms with Crippen LogP contribution in [0.5, 0.6) is 0 Å². The van der Waals surface area contributed by atoms with Crippen LogP contribution in [0.1, 0.15) is 86.1 Å². The lowest BCUT2D eigenvalue weighted by molar-refractivity contribution is -0.137. The Labute approximate surface area is 733 Å². The van der Waals surface area contributed by atoms with Gasteiger partial charge in [-0.05, 0) is 170 Å². The highest BCUT2D eigenvalue weighted by atomic mass is 19.4. The van der Waals surface area contributed by atoms with Crippen LogP contribution in [0.15, 0.2) is 261 Å². The maximum atomic E-state index is 13.4. The number of carbonyl (C=O) groups excluding carboxylic acids is 1. The fourth-order valence-electron chi connectivity index (χ4n) is 14.6. The summed E-state index contributed by atoms with van der Waals surface area (Å²) in [5, 5.41) is 56.4. The minimum Gasteiger partial charge on any atom is -0.323 e. The summed E-state index contributed by atoms with van der Waals surface area (Å²) in [5.74, 6) is 9.40. The first-order chi connectivity index (χ1) is 62.0. The Kier molecular flexibility index (Phi) is 25.0. The predicted octanol–water partition coefficient (Wildman–Crippen LogP) is 23.4. The Balaban J connectivity index is 0.000000118. The standard InChI is InChI=1S/C20H17N5O.3C20H19N5.C19H14F3N5/c1-12-11-18(25-24-12)22-20-16-9-5-6-10-17(16)21-19(23-20)15-8-4-3-7-14(15)13(2)26;1-12-7-6-8-13(2)18(12)20-21-16-10-5-4-9-15(16)19(23-20)22-17-11-14(3)24-25-17;1-12-7-6-9-15(14(12)3)19-21-17-10-5-4-8-16(17)20(23-19)22-18-11-13(2)24-25-18;1-3-14-8-4-5-9-15(14)19-21-17-11-7-6-10-16(17)20(23-19)22-18-12-13(2)24-25-18;1-11-10-16(27-26-11)24-18-13-7-3-5-9-15(13)23-17(25-18)12-6-2-4-8-14(12)19(20,21)22/h3-11H,1-2H3,(H2,21,22,23,24,25);2*4-11H,1-3H3,(H2,21,22,23,24,25);4-12H,3H2,1-2H3,(H2,21,22,23,24,25);2-10H,1H3,(H2,23,24,25,26,27).